The van der Waals surface area contributed by atoms with Crippen molar-refractivity contribution in [2.45, 2.75) is 78.1 Å². The van der Waals surface area contributed by atoms with Gasteiger partial charge in [-0.3, -0.25) is 10.0 Å². The third-order valence-corrected chi connectivity index (χ3v) is 3.30. The lowest BCUT2D eigenvalue weighted by molar-refractivity contribution is -0.133. The summed E-state index contributed by atoms with van der Waals surface area (Å²) in [5.41, 5.74) is 1.71. The molecule has 1 atom stereocenters. The number of hydroxylamine groups is 1. The maximum atomic E-state index is 11.0. The van der Waals surface area contributed by atoms with Crippen molar-refractivity contribution in [1.29, 1.82) is 0 Å². The Morgan fingerprint density at radius 2 is 1.47 bits per heavy atom. The molecule has 3 heteroatoms. The van der Waals surface area contributed by atoms with Crippen molar-refractivity contribution >= 4 is 5.91 Å². The van der Waals surface area contributed by atoms with Crippen LogP contribution in [0.2, 0.25) is 0 Å². The quantitative estimate of drug-likeness (QED) is 0.327. The molecule has 17 heavy (non-hydrogen) atoms. The molecule has 0 aromatic carbocycles. The highest BCUT2D eigenvalue weighted by Gasteiger charge is 2.10. The van der Waals surface area contributed by atoms with Crippen LogP contribution in [0.15, 0.2) is 0 Å². The van der Waals surface area contributed by atoms with Crippen molar-refractivity contribution in [3.05, 3.63) is 0 Å². The molecule has 0 heterocycles. The lowest BCUT2D eigenvalue weighted by Crippen LogP contribution is -2.25. The predicted octanol–water partition coefficient (Wildman–Crippen LogP) is 4.05. The summed E-state index contributed by atoms with van der Waals surface area (Å²) in [6.07, 6.45) is 12.6. The maximum Gasteiger partial charge on any atom is 0.246 e. The van der Waals surface area contributed by atoms with Crippen LogP contribution < -0.4 is 5.48 Å². The van der Waals surface area contributed by atoms with Gasteiger partial charge >= 0.3 is 0 Å². The van der Waals surface area contributed by atoms with Crippen molar-refractivity contribution in [3.63, 3.8) is 0 Å². The van der Waals surface area contributed by atoms with E-state index in [2.05, 4.69) is 6.92 Å². The van der Waals surface area contributed by atoms with E-state index >= 15 is 0 Å². The normalized spacial score (nSPS) is 12.4. The average molecular weight is 243 g/mol. The van der Waals surface area contributed by atoms with Crippen LogP contribution in [0.25, 0.3) is 0 Å². The van der Waals surface area contributed by atoms with Crippen molar-refractivity contribution in [2.75, 3.05) is 0 Å². The molecule has 0 aliphatic rings. The van der Waals surface area contributed by atoms with E-state index in [0.717, 1.165) is 12.8 Å². The van der Waals surface area contributed by atoms with Crippen molar-refractivity contribution < 1.29 is 10.0 Å². The molecular formula is C14H29NO2. The van der Waals surface area contributed by atoms with Crippen molar-refractivity contribution in [2.24, 2.45) is 5.92 Å². The maximum absolute atomic E-state index is 11.0. The van der Waals surface area contributed by atoms with E-state index in [9.17, 15) is 4.79 Å². The van der Waals surface area contributed by atoms with E-state index in [1.807, 2.05) is 6.92 Å². The number of carbonyl (C=O) groups is 1. The third kappa shape index (κ3) is 10.3. The Kier molecular flexibility index (Phi) is 11.5. The summed E-state index contributed by atoms with van der Waals surface area (Å²) in [6, 6.07) is 0. The summed E-state index contributed by atoms with van der Waals surface area (Å²) in [5.74, 6) is -0.325. The van der Waals surface area contributed by atoms with Crippen molar-refractivity contribution in [1.82, 2.24) is 5.48 Å². The fourth-order valence-electron chi connectivity index (χ4n) is 2.00. The minimum atomic E-state index is -0.260. The lowest BCUT2D eigenvalue weighted by atomic mass is 10.0. The van der Waals surface area contributed by atoms with Crippen LogP contribution in [0.4, 0.5) is 0 Å². The Morgan fingerprint density at radius 3 is 1.94 bits per heavy atom. The largest absolute Gasteiger partial charge is 0.289 e. The minimum absolute atomic E-state index is 0.0652. The van der Waals surface area contributed by atoms with E-state index in [1.54, 1.807) is 5.48 Å². The second-order valence-corrected chi connectivity index (χ2v) is 4.99. The highest BCUT2D eigenvalue weighted by Crippen LogP contribution is 2.13. The Labute approximate surface area is 106 Å². The fraction of sp³-hybridized carbons (Fsp3) is 0.929. The molecule has 0 aliphatic heterocycles. The molecule has 0 bridgehead atoms. The van der Waals surface area contributed by atoms with Crippen LogP contribution in [0.5, 0.6) is 0 Å². The molecule has 1 amide bonds. The van der Waals surface area contributed by atoms with Gasteiger partial charge in [-0.1, -0.05) is 71.6 Å². The molecule has 3 nitrogen and oxygen atoms in total. The van der Waals surface area contributed by atoms with E-state index in [0.29, 0.717) is 0 Å². The Balaban J connectivity index is 3.15. The first-order chi connectivity index (χ1) is 8.22. The Bertz CT molecular complexity index is 183. The Hall–Kier alpha value is -0.570. The summed E-state index contributed by atoms with van der Waals surface area (Å²) in [7, 11) is 0. The van der Waals surface area contributed by atoms with Crippen molar-refractivity contribution in [3.8, 4) is 0 Å². The summed E-state index contributed by atoms with van der Waals surface area (Å²) < 4.78 is 0. The number of hydrogen-bond acceptors (Lipinski definition) is 2. The molecule has 2 N–H and O–H groups in total. The van der Waals surface area contributed by atoms with Crippen LogP contribution in [0.3, 0.4) is 0 Å². The van der Waals surface area contributed by atoms with Gasteiger partial charge in [0.1, 0.15) is 0 Å². The first-order valence-corrected chi connectivity index (χ1v) is 7.16. The average Bonchev–Trinajstić information content (AvgIpc) is 2.35. The summed E-state index contributed by atoms with van der Waals surface area (Å²) in [5, 5.41) is 8.45. The van der Waals surface area contributed by atoms with Gasteiger partial charge < -0.3 is 0 Å². The Morgan fingerprint density at radius 1 is 1.00 bits per heavy atom. The van der Waals surface area contributed by atoms with E-state index in [-0.39, 0.29) is 11.8 Å². The van der Waals surface area contributed by atoms with Crippen LogP contribution in [0, 0.1) is 5.92 Å². The zero-order chi connectivity index (χ0) is 12.9. The van der Waals surface area contributed by atoms with E-state index in [4.69, 9.17) is 5.21 Å². The topological polar surface area (TPSA) is 49.3 Å². The smallest absolute Gasteiger partial charge is 0.246 e. The zero-order valence-electron chi connectivity index (χ0n) is 11.5. The molecule has 0 saturated heterocycles. The lowest BCUT2D eigenvalue weighted by Gasteiger charge is -2.08. The number of hydrogen-bond donors (Lipinski definition) is 2. The minimum Gasteiger partial charge on any atom is -0.289 e. The molecule has 0 fully saturated rings. The molecular weight excluding hydrogens is 214 g/mol. The molecule has 0 rings (SSSR count). The van der Waals surface area contributed by atoms with Gasteiger partial charge in [-0.05, 0) is 6.42 Å². The monoisotopic (exact) mass is 243 g/mol. The highest BCUT2D eigenvalue weighted by molar-refractivity contribution is 5.76. The van der Waals surface area contributed by atoms with E-state index in [1.165, 1.54) is 51.4 Å². The SMILES string of the molecule is CCCCCCCCCCCC(C)C(=O)NO. The number of nitrogens with one attached hydrogen (secondary N) is 1. The highest BCUT2D eigenvalue weighted by atomic mass is 16.5. The second-order valence-electron chi connectivity index (χ2n) is 4.99. The van der Waals surface area contributed by atoms with Gasteiger partial charge in [-0.2, -0.15) is 0 Å². The first kappa shape index (κ1) is 16.4. The third-order valence-electron chi connectivity index (χ3n) is 3.30. The molecule has 0 radical (unpaired) electrons. The number of rotatable bonds is 11. The van der Waals surface area contributed by atoms with Crippen LogP contribution in [-0.4, -0.2) is 11.1 Å². The standard InChI is InChI=1S/C14H29NO2/c1-3-4-5-6-7-8-9-10-11-12-13(2)14(16)15-17/h13,17H,3-12H2,1-2H3,(H,15,16). The predicted molar refractivity (Wildman–Crippen MR) is 70.9 cm³/mol. The molecule has 0 aromatic heterocycles. The summed E-state index contributed by atoms with van der Waals surface area (Å²) >= 11 is 0. The molecule has 0 aliphatic carbocycles. The van der Waals surface area contributed by atoms with Gasteiger partial charge in [0.25, 0.3) is 0 Å². The molecule has 0 saturated carbocycles. The molecule has 102 valence electrons. The zero-order valence-corrected chi connectivity index (χ0v) is 11.5. The first-order valence-electron chi connectivity index (χ1n) is 7.16. The van der Waals surface area contributed by atoms with E-state index < -0.39 is 0 Å². The number of amides is 1. The van der Waals surface area contributed by atoms with Crippen LogP contribution >= 0.6 is 0 Å². The molecule has 0 spiro atoms. The van der Waals surface area contributed by atoms with Gasteiger partial charge in [-0.15, -0.1) is 0 Å². The van der Waals surface area contributed by atoms with Crippen LogP contribution in [-0.2, 0) is 4.79 Å². The second kappa shape index (κ2) is 11.9. The van der Waals surface area contributed by atoms with Crippen LogP contribution in [0.1, 0.15) is 78.1 Å². The van der Waals surface area contributed by atoms with Gasteiger partial charge in [-0.25, -0.2) is 5.48 Å². The molecule has 1 unspecified atom stereocenters. The summed E-state index contributed by atoms with van der Waals surface area (Å²) in [6.45, 7) is 4.10. The van der Waals surface area contributed by atoms with Gasteiger partial charge in [0.2, 0.25) is 5.91 Å². The number of unbranched alkanes of at least 4 members (excludes halogenated alkanes) is 8. The summed E-state index contributed by atoms with van der Waals surface area (Å²) in [4.78, 5) is 11.0. The molecule has 0 aromatic rings. The fourth-order valence-corrected chi connectivity index (χ4v) is 2.00. The van der Waals surface area contributed by atoms with Gasteiger partial charge in [0, 0.05) is 5.92 Å². The number of carbonyl (C=O) groups excluding carboxylic acids is 1. The van der Waals surface area contributed by atoms with Gasteiger partial charge in [0.05, 0.1) is 0 Å². The van der Waals surface area contributed by atoms with Gasteiger partial charge in [0.15, 0.2) is 0 Å².